The molecule has 0 amide bonds. The molecule has 0 atom stereocenters. The van der Waals surface area contributed by atoms with Crippen LogP contribution in [-0.2, 0) is 7.05 Å². The molecule has 0 bridgehead atoms. The van der Waals surface area contributed by atoms with Crippen molar-refractivity contribution in [2.75, 3.05) is 0 Å². The van der Waals surface area contributed by atoms with Gasteiger partial charge in [-0.25, -0.2) is 4.98 Å². The topological polar surface area (TPSA) is 43.6 Å². The van der Waals surface area contributed by atoms with E-state index in [9.17, 15) is 0 Å². The first-order valence-corrected chi connectivity index (χ1v) is 3.45. The summed E-state index contributed by atoms with van der Waals surface area (Å²) in [7, 11) is 1.83. The number of fused-ring (bicyclic) bond motifs is 1. The number of rotatable bonds is 0. The molecule has 0 N–H and O–H groups in total. The van der Waals surface area contributed by atoms with Crippen molar-refractivity contribution in [3.63, 3.8) is 0 Å². The van der Waals surface area contributed by atoms with Crippen LogP contribution >= 0.6 is 11.6 Å². The molecular weight excluding hydrogens is 164 g/mol. The number of nitrogens with zero attached hydrogens (tertiary/aromatic N) is 4. The van der Waals surface area contributed by atoms with Crippen LogP contribution in [0.1, 0.15) is 0 Å². The lowest BCUT2D eigenvalue weighted by Crippen LogP contribution is -1.86. The molecule has 56 valence electrons. The lowest BCUT2D eigenvalue weighted by molar-refractivity contribution is 0.775. The van der Waals surface area contributed by atoms with Gasteiger partial charge in [-0.3, -0.25) is 4.68 Å². The molecule has 0 radical (unpaired) electrons. The highest BCUT2D eigenvalue weighted by Gasteiger charge is 1.99. The van der Waals surface area contributed by atoms with Gasteiger partial charge < -0.3 is 0 Å². The molecule has 11 heavy (non-hydrogen) atoms. The molecule has 0 saturated heterocycles. The fraction of sp³-hybridized carbons (Fsp3) is 0.167. The summed E-state index contributed by atoms with van der Waals surface area (Å²) in [6.07, 6.45) is 3.49. The first-order valence-electron chi connectivity index (χ1n) is 3.07. The van der Waals surface area contributed by atoms with Crippen molar-refractivity contribution >= 4 is 22.6 Å². The van der Waals surface area contributed by atoms with Crippen molar-refractivity contribution in [3.05, 3.63) is 17.7 Å². The van der Waals surface area contributed by atoms with E-state index in [-0.39, 0.29) is 5.28 Å². The Morgan fingerprint density at radius 2 is 2.36 bits per heavy atom. The third kappa shape index (κ3) is 1.05. The van der Waals surface area contributed by atoms with E-state index in [4.69, 9.17) is 11.6 Å². The molecule has 0 saturated carbocycles. The normalized spacial score (nSPS) is 10.7. The van der Waals surface area contributed by atoms with Gasteiger partial charge in [-0.2, -0.15) is 10.1 Å². The summed E-state index contributed by atoms with van der Waals surface area (Å²) >= 11 is 5.56. The fourth-order valence-electron chi connectivity index (χ4n) is 0.912. The first kappa shape index (κ1) is 6.54. The number of aryl methyl sites for hydroxylation is 1. The zero-order chi connectivity index (χ0) is 7.84. The summed E-state index contributed by atoms with van der Waals surface area (Å²) in [6, 6.07) is 0. The predicted octanol–water partition coefficient (Wildman–Crippen LogP) is 1.02. The molecule has 2 rings (SSSR count). The van der Waals surface area contributed by atoms with Crippen LogP contribution in [0.15, 0.2) is 12.4 Å². The van der Waals surface area contributed by atoms with E-state index >= 15 is 0 Å². The fourth-order valence-corrected chi connectivity index (χ4v) is 1.04. The molecule has 0 aromatic carbocycles. The standard InChI is InChI=1S/C6H5ClN4/c1-11-3-4-2-8-6(7)9-5(4)10-11/h2-3H,1H3. The second-order valence-electron chi connectivity index (χ2n) is 2.22. The highest BCUT2D eigenvalue weighted by atomic mass is 35.5. The van der Waals surface area contributed by atoms with E-state index in [0.717, 1.165) is 5.39 Å². The number of aromatic nitrogens is 4. The van der Waals surface area contributed by atoms with Crippen LogP contribution in [0.5, 0.6) is 0 Å². The highest BCUT2D eigenvalue weighted by molar-refractivity contribution is 6.28. The van der Waals surface area contributed by atoms with E-state index in [2.05, 4.69) is 15.1 Å². The molecule has 0 fully saturated rings. The summed E-state index contributed by atoms with van der Waals surface area (Å²) in [5.74, 6) is 0. The van der Waals surface area contributed by atoms with E-state index in [0.29, 0.717) is 5.65 Å². The lowest BCUT2D eigenvalue weighted by atomic mass is 10.4. The molecule has 0 aliphatic heterocycles. The average Bonchev–Trinajstić information content (AvgIpc) is 2.27. The smallest absolute Gasteiger partial charge is 0.224 e. The van der Waals surface area contributed by atoms with E-state index < -0.39 is 0 Å². The van der Waals surface area contributed by atoms with Crippen LogP contribution in [0.4, 0.5) is 0 Å². The van der Waals surface area contributed by atoms with Crippen molar-refractivity contribution in [1.82, 2.24) is 19.7 Å². The minimum absolute atomic E-state index is 0.233. The van der Waals surface area contributed by atoms with E-state index in [1.807, 2.05) is 13.2 Å². The van der Waals surface area contributed by atoms with Crippen LogP contribution < -0.4 is 0 Å². The molecule has 0 unspecified atom stereocenters. The van der Waals surface area contributed by atoms with Gasteiger partial charge >= 0.3 is 0 Å². The average molecular weight is 169 g/mol. The second kappa shape index (κ2) is 2.17. The van der Waals surface area contributed by atoms with Crippen LogP contribution in [-0.4, -0.2) is 19.7 Å². The zero-order valence-electron chi connectivity index (χ0n) is 5.82. The first-order chi connectivity index (χ1) is 5.25. The van der Waals surface area contributed by atoms with Gasteiger partial charge in [0, 0.05) is 19.4 Å². The predicted molar refractivity (Wildman–Crippen MR) is 41.3 cm³/mol. The second-order valence-corrected chi connectivity index (χ2v) is 2.56. The Balaban J connectivity index is 2.82. The quantitative estimate of drug-likeness (QED) is 0.552. The summed E-state index contributed by atoms with van der Waals surface area (Å²) in [4.78, 5) is 7.74. The van der Waals surface area contributed by atoms with Gasteiger partial charge in [0.2, 0.25) is 5.28 Å². The van der Waals surface area contributed by atoms with Crippen molar-refractivity contribution in [3.8, 4) is 0 Å². The SMILES string of the molecule is Cn1cc2cnc(Cl)nc2n1. The van der Waals surface area contributed by atoms with E-state index in [1.165, 1.54) is 0 Å². The maximum atomic E-state index is 5.56. The summed E-state index contributed by atoms with van der Waals surface area (Å²) in [5, 5.41) is 5.19. The summed E-state index contributed by atoms with van der Waals surface area (Å²) in [6.45, 7) is 0. The molecule has 2 aromatic rings. The van der Waals surface area contributed by atoms with Crippen LogP contribution in [0.3, 0.4) is 0 Å². The third-order valence-electron chi connectivity index (χ3n) is 1.34. The zero-order valence-corrected chi connectivity index (χ0v) is 6.58. The Hall–Kier alpha value is -1.16. The summed E-state index contributed by atoms with van der Waals surface area (Å²) < 4.78 is 1.68. The molecular formula is C6H5ClN4. The van der Waals surface area contributed by atoms with Gasteiger partial charge in [0.1, 0.15) is 0 Å². The molecule has 5 heteroatoms. The van der Waals surface area contributed by atoms with Crippen LogP contribution in [0.25, 0.3) is 11.0 Å². The van der Waals surface area contributed by atoms with Gasteiger partial charge in [-0.15, -0.1) is 0 Å². The Morgan fingerprint density at radius 1 is 1.55 bits per heavy atom. The summed E-state index contributed by atoms with van der Waals surface area (Å²) in [5.41, 5.74) is 0.632. The maximum Gasteiger partial charge on any atom is 0.224 e. The van der Waals surface area contributed by atoms with Gasteiger partial charge in [0.15, 0.2) is 5.65 Å². The van der Waals surface area contributed by atoms with Crippen LogP contribution in [0.2, 0.25) is 5.28 Å². The van der Waals surface area contributed by atoms with Crippen molar-refractivity contribution in [1.29, 1.82) is 0 Å². The minimum atomic E-state index is 0.233. The van der Waals surface area contributed by atoms with Gasteiger partial charge in [-0.05, 0) is 11.6 Å². The molecule has 0 spiro atoms. The maximum absolute atomic E-state index is 5.56. The van der Waals surface area contributed by atoms with Gasteiger partial charge in [0.05, 0.1) is 5.39 Å². The third-order valence-corrected chi connectivity index (χ3v) is 1.53. The van der Waals surface area contributed by atoms with Gasteiger partial charge in [0.25, 0.3) is 0 Å². The largest absolute Gasteiger partial charge is 0.273 e. The molecule has 4 nitrogen and oxygen atoms in total. The molecule has 0 aliphatic rings. The minimum Gasteiger partial charge on any atom is -0.273 e. The van der Waals surface area contributed by atoms with Crippen LogP contribution in [0, 0.1) is 0 Å². The van der Waals surface area contributed by atoms with Gasteiger partial charge in [-0.1, -0.05) is 0 Å². The Bertz CT molecular complexity index is 394. The molecule has 0 aliphatic carbocycles. The van der Waals surface area contributed by atoms with Crippen molar-refractivity contribution in [2.24, 2.45) is 7.05 Å². The van der Waals surface area contributed by atoms with E-state index in [1.54, 1.807) is 10.9 Å². The number of halogens is 1. The molecule has 2 heterocycles. The monoisotopic (exact) mass is 168 g/mol. The Labute approximate surface area is 67.8 Å². The Kier molecular flexibility index (Phi) is 1.29. The molecule has 2 aromatic heterocycles. The van der Waals surface area contributed by atoms with Crippen molar-refractivity contribution in [2.45, 2.75) is 0 Å². The lowest BCUT2D eigenvalue weighted by Gasteiger charge is -1.84. The number of hydrogen-bond acceptors (Lipinski definition) is 3. The number of hydrogen-bond donors (Lipinski definition) is 0. The van der Waals surface area contributed by atoms with Crippen molar-refractivity contribution < 1.29 is 0 Å². The Morgan fingerprint density at radius 3 is 3.18 bits per heavy atom. The highest BCUT2D eigenvalue weighted by Crippen LogP contribution is 2.09.